The van der Waals surface area contributed by atoms with E-state index in [1.54, 1.807) is 0 Å². The first kappa shape index (κ1) is 35.3. The van der Waals surface area contributed by atoms with E-state index in [4.69, 9.17) is 27.9 Å². The van der Waals surface area contributed by atoms with Gasteiger partial charge in [-0.15, -0.1) is 0 Å². The van der Waals surface area contributed by atoms with Crippen molar-refractivity contribution in [1.82, 2.24) is 0 Å². The molecule has 0 radical (unpaired) electrons. The van der Waals surface area contributed by atoms with Gasteiger partial charge in [0.15, 0.2) is 0 Å². The minimum atomic E-state index is -0.493. The second kappa shape index (κ2) is 11.1. The highest BCUT2D eigenvalue weighted by Gasteiger charge is 2.54. The lowest BCUT2D eigenvalue weighted by Gasteiger charge is -2.32. The standard InChI is InChI=1S/C44H49B3O6/c1-39(2)40(3,4)49-45(48-39)26-18-21-31-32-22-19-28(47-52-43(9,10)44(11,12)53-47)25-36(32)38-35-24-27(46-50-41(5,6)42(7,8)51-46)17-20-30(35)29-15-13-14-16-33(29)37(38)34(31)23-26/h13-25H,1-12H3. The summed E-state index contributed by atoms with van der Waals surface area (Å²) >= 11 is 0. The Labute approximate surface area is 314 Å². The summed E-state index contributed by atoms with van der Waals surface area (Å²) in [5.41, 5.74) is 0.268. The highest BCUT2D eigenvalue weighted by atomic mass is 16.7. The summed E-state index contributed by atoms with van der Waals surface area (Å²) in [5.74, 6) is 0. The second-order valence-corrected chi connectivity index (χ2v) is 18.5. The lowest BCUT2D eigenvalue weighted by Crippen LogP contribution is -2.41. The maximum atomic E-state index is 6.61. The smallest absolute Gasteiger partial charge is 0.399 e. The van der Waals surface area contributed by atoms with E-state index in [2.05, 4.69) is 162 Å². The molecule has 3 heterocycles. The summed E-state index contributed by atoms with van der Waals surface area (Å²) in [6, 6.07) is 28.8. The molecule has 9 heteroatoms. The van der Waals surface area contributed by atoms with Crippen molar-refractivity contribution in [3.8, 4) is 0 Å². The highest BCUT2D eigenvalue weighted by Crippen LogP contribution is 2.45. The first-order chi connectivity index (χ1) is 24.7. The predicted molar refractivity (Wildman–Crippen MR) is 221 cm³/mol. The molecule has 6 aromatic rings. The van der Waals surface area contributed by atoms with Crippen molar-refractivity contribution in [3.63, 3.8) is 0 Å². The third-order valence-corrected chi connectivity index (χ3v) is 13.5. The van der Waals surface area contributed by atoms with E-state index in [1.165, 1.54) is 32.3 Å². The molecule has 0 aromatic heterocycles. The Morgan fingerprint density at radius 3 is 0.849 bits per heavy atom. The SMILES string of the molecule is CC1(C)OB(c2ccc3c4ccc(B5OC(C)(C)C(C)(C)O5)cc4c4c5cc(B6OC(C)(C)C(C)(C)O6)ccc5c5ccccc5c4c3c2)OC1(C)C. The van der Waals surface area contributed by atoms with Gasteiger partial charge >= 0.3 is 21.4 Å². The Kier molecular flexibility index (Phi) is 7.38. The van der Waals surface area contributed by atoms with Crippen LogP contribution in [-0.4, -0.2) is 55.0 Å². The fourth-order valence-electron chi connectivity index (χ4n) is 8.15. The molecule has 53 heavy (non-hydrogen) atoms. The Morgan fingerprint density at radius 1 is 0.302 bits per heavy atom. The first-order valence-electron chi connectivity index (χ1n) is 19.0. The maximum absolute atomic E-state index is 6.61. The summed E-state index contributed by atoms with van der Waals surface area (Å²) in [4.78, 5) is 0. The van der Waals surface area contributed by atoms with Crippen LogP contribution in [0, 0.1) is 0 Å². The van der Waals surface area contributed by atoms with E-state index in [0.717, 1.165) is 37.9 Å². The van der Waals surface area contributed by atoms with Gasteiger partial charge in [0.05, 0.1) is 33.6 Å². The van der Waals surface area contributed by atoms with Gasteiger partial charge in [0, 0.05) is 0 Å². The molecule has 0 saturated carbocycles. The zero-order chi connectivity index (χ0) is 37.7. The summed E-state index contributed by atoms with van der Waals surface area (Å²) in [7, 11) is -1.47. The van der Waals surface area contributed by atoms with Crippen molar-refractivity contribution in [2.75, 3.05) is 0 Å². The normalized spacial score (nSPS) is 22.7. The number of fused-ring (bicyclic) bond motifs is 11. The molecule has 0 spiro atoms. The predicted octanol–water partition coefficient (Wildman–Crippen LogP) is 8.35. The van der Waals surface area contributed by atoms with E-state index in [-0.39, 0.29) is 0 Å². The Hall–Kier alpha value is -3.43. The van der Waals surface area contributed by atoms with Crippen LogP contribution in [-0.2, 0) is 27.9 Å². The summed E-state index contributed by atoms with van der Waals surface area (Å²) in [6.45, 7) is 25.2. The fraction of sp³-hybridized carbons (Fsp3) is 0.409. The van der Waals surface area contributed by atoms with Crippen LogP contribution in [0.2, 0.25) is 0 Å². The third kappa shape index (κ3) is 5.11. The molecule has 3 fully saturated rings. The molecular weight excluding hydrogens is 657 g/mol. The molecule has 0 amide bonds. The number of hydrogen-bond acceptors (Lipinski definition) is 6. The van der Waals surface area contributed by atoms with Gasteiger partial charge in [-0.05, 0) is 153 Å². The molecule has 3 saturated heterocycles. The Bertz CT molecular complexity index is 2420. The average molecular weight is 706 g/mol. The van der Waals surface area contributed by atoms with Crippen LogP contribution in [0.3, 0.4) is 0 Å². The molecule has 0 aliphatic carbocycles. The van der Waals surface area contributed by atoms with Crippen LogP contribution >= 0.6 is 0 Å². The molecule has 270 valence electrons. The van der Waals surface area contributed by atoms with Crippen LogP contribution in [0.5, 0.6) is 0 Å². The lowest BCUT2D eigenvalue weighted by molar-refractivity contribution is 0.00578. The van der Waals surface area contributed by atoms with Crippen molar-refractivity contribution in [3.05, 3.63) is 78.9 Å². The monoisotopic (exact) mass is 706 g/mol. The van der Waals surface area contributed by atoms with Crippen molar-refractivity contribution in [2.24, 2.45) is 0 Å². The molecule has 3 aliphatic heterocycles. The molecule has 0 atom stereocenters. The second-order valence-electron chi connectivity index (χ2n) is 18.5. The van der Waals surface area contributed by atoms with Gasteiger partial charge in [-0.25, -0.2) is 0 Å². The zero-order valence-corrected chi connectivity index (χ0v) is 33.2. The van der Waals surface area contributed by atoms with Gasteiger partial charge in [-0.3, -0.25) is 0 Å². The summed E-state index contributed by atoms with van der Waals surface area (Å²) in [5, 5.41) is 11.7. The molecule has 0 N–H and O–H groups in total. The third-order valence-electron chi connectivity index (χ3n) is 13.5. The van der Waals surface area contributed by atoms with Gasteiger partial charge in [0.1, 0.15) is 0 Å². The van der Waals surface area contributed by atoms with Crippen LogP contribution in [0.1, 0.15) is 83.1 Å². The van der Waals surface area contributed by atoms with Gasteiger partial charge in [0.25, 0.3) is 0 Å². The van der Waals surface area contributed by atoms with Crippen LogP contribution < -0.4 is 16.4 Å². The molecular formula is C44H49B3O6. The number of benzene rings is 6. The van der Waals surface area contributed by atoms with Gasteiger partial charge in [0.2, 0.25) is 0 Å². The maximum Gasteiger partial charge on any atom is 0.494 e. The van der Waals surface area contributed by atoms with Crippen molar-refractivity contribution >= 4 is 91.6 Å². The van der Waals surface area contributed by atoms with Crippen LogP contribution in [0.25, 0.3) is 53.9 Å². The summed E-state index contributed by atoms with van der Waals surface area (Å²) in [6.07, 6.45) is 0. The first-order valence-corrected chi connectivity index (χ1v) is 19.0. The molecule has 0 bridgehead atoms. The van der Waals surface area contributed by atoms with Crippen molar-refractivity contribution in [2.45, 2.75) is 117 Å². The van der Waals surface area contributed by atoms with E-state index < -0.39 is 55.0 Å². The van der Waals surface area contributed by atoms with Gasteiger partial charge in [-0.1, -0.05) is 78.9 Å². The van der Waals surface area contributed by atoms with E-state index in [9.17, 15) is 0 Å². The molecule has 6 nitrogen and oxygen atoms in total. The van der Waals surface area contributed by atoms with Crippen LogP contribution in [0.15, 0.2) is 78.9 Å². The van der Waals surface area contributed by atoms with E-state index in [1.807, 2.05) is 0 Å². The number of rotatable bonds is 3. The Balaban J connectivity index is 1.38. The Morgan fingerprint density at radius 2 is 0.547 bits per heavy atom. The minimum absolute atomic E-state index is 0.450. The van der Waals surface area contributed by atoms with E-state index in [0.29, 0.717) is 0 Å². The molecule has 6 aromatic carbocycles. The fourth-order valence-corrected chi connectivity index (χ4v) is 8.15. The van der Waals surface area contributed by atoms with Gasteiger partial charge in [-0.2, -0.15) is 0 Å². The number of hydrogen-bond donors (Lipinski definition) is 0. The van der Waals surface area contributed by atoms with Crippen molar-refractivity contribution < 1.29 is 27.9 Å². The molecule has 9 rings (SSSR count). The lowest BCUT2D eigenvalue weighted by atomic mass is 9.74. The quantitative estimate of drug-likeness (QED) is 0.136. The summed E-state index contributed by atoms with van der Waals surface area (Å²) < 4.78 is 39.6. The minimum Gasteiger partial charge on any atom is -0.399 e. The highest BCUT2D eigenvalue weighted by molar-refractivity contribution is 6.64. The molecule has 3 aliphatic rings. The van der Waals surface area contributed by atoms with E-state index >= 15 is 0 Å². The average Bonchev–Trinajstić information content (AvgIpc) is 3.56. The van der Waals surface area contributed by atoms with Crippen molar-refractivity contribution in [1.29, 1.82) is 0 Å². The van der Waals surface area contributed by atoms with Gasteiger partial charge < -0.3 is 27.9 Å². The van der Waals surface area contributed by atoms with Crippen LogP contribution in [0.4, 0.5) is 0 Å². The topological polar surface area (TPSA) is 55.4 Å². The molecule has 0 unspecified atom stereocenters. The largest absolute Gasteiger partial charge is 0.494 e. The zero-order valence-electron chi connectivity index (χ0n) is 33.2.